The number of piperidine rings is 1. The van der Waals surface area contributed by atoms with Crippen LogP contribution >= 0.6 is 0 Å². The summed E-state index contributed by atoms with van der Waals surface area (Å²) in [5.74, 6) is 1.14. The van der Waals surface area contributed by atoms with Gasteiger partial charge in [-0.1, -0.05) is 6.07 Å². The molecule has 5 heteroatoms. The van der Waals surface area contributed by atoms with Crippen molar-refractivity contribution >= 4 is 5.91 Å². The van der Waals surface area contributed by atoms with Crippen molar-refractivity contribution in [2.24, 2.45) is 0 Å². The average Bonchev–Trinajstić information content (AvgIpc) is 2.95. The molecule has 120 valence electrons. The zero-order chi connectivity index (χ0) is 15.7. The van der Waals surface area contributed by atoms with Gasteiger partial charge in [0.15, 0.2) is 11.5 Å². The van der Waals surface area contributed by atoms with E-state index in [0.29, 0.717) is 17.1 Å². The molecule has 0 atom stereocenters. The van der Waals surface area contributed by atoms with Crippen molar-refractivity contribution < 1.29 is 14.3 Å². The molecule has 1 N–H and O–H groups in total. The first kappa shape index (κ1) is 15.2. The molecule has 1 aromatic carbocycles. The summed E-state index contributed by atoms with van der Waals surface area (Å²) in [6.45, 7) is 8.91. The van der Waals surface area contributed by atoms with Gasteiger partial charge in [-0.25, -0.2) is 0 Å². The molecule has 0 bridgehead atoms. The zero-order valence-corrected chi connectivity index (χ0v) is 13.5. The number of fused-ring (bicyclic) bond motifs is 1. The second kappa shape index (κ2) is 5.80. The molecule has 1 aromatic rings. The number of carbonyl (C=O) groups excluding carboxylic acids is 1. The monoisotopic (exact) mass is 304 g/mol. The Hall–Kier alpha value is -1.75. The van der Waals surface area contributed by atoms with Crippen LogP contribution in [0.15, 0.2) is 18.2 Å². The van der Waals surface area contributed by atoms with Gasteiger partial charge in [-0.05, 0) is 45.7 Å². The molecule has 1 saturated heterocycles. The molecule has 2 aliphatic rings. The van der Waals surface area contributed by atoms with Crippen LogP contribution < -0.4 is 14.8 Å². The highest BCUT2D eigenvalue weighted by molar-refractivity contribution is 5.98. The second-order valence-electron chi connectivity index (χ2n) is 6.94. The Morgan fingerprint density at radius 3 is 2.64 bits per heavy atom. The van der Waals surface area contributed by atoms with Crippen LogP contribution in [-0.2, 0) is 0 Å². The summed E-state index contributed by atoms with van der Waals surface area (Å²) < 4.78 is 10.7. The first-order valence-electron chi connectivity index (χ1n) is 7.89. The van der Waals surface area contributed by atoms with E-state index in [9.17, 15) is 4.79 Å². The van der Waals surface area contributed by atoms with Gasteiger partial charge >= 0.3 is 0 Å². The number of amides is 1. The van der Waals surface area contributed by atoms with E-state index in [1.165, 1.54) is 0 Å². The average molecular weight is 304 g/mol. The maximum atomic E-state index is 12.5. The number of hydrogen-bond donors (Lipinski definition) is 1. The number of benzene rings is 1. The lowest BCUT2D eigenvalue weighted by Gasteiger charge is -2.41. The summed E-state index contributed by atoms with van der Waals surface area (Å²) in [6.07, 6.45) is 1.96. The van der Waals surface area contributed by atoms with E-state index in [0.717, 1.165) is 25.9 Å². The maximum absolute atomic E-state index is 12.5. The van der Waals surface area contributed by atoms with E-state index in [2.05, 4.69) is 31.0 Å². The van der Waals surface area contributed by atoms with Crippen LogP contribution in [0.5, 0.6) is 11.5 Å². The predicted molar refractivity (Wildman–Crippen MR) is 84.4 cm³/mol. The quantitative estimate of drug-likeness (QED) is 0.911. The molecule has 0 aromatic heterocycles. The molecule has 2 aliphatic heterocycles. The Kier molecular flexibility index (Phi) is 4.00. The third-order valence-corrected chi connectivity index (χ3v) is 4.42. The Balaban J connectivity index is 1.61. The fourth-order valence-corrected chi connectivity index (χ4v) is 3.07. The second-order valence-corrected chi connectivity index (χ2v) is 6.94. The van der Waals surface area contributed by atoms with Gasteiger partial charge in [0, 0.05) is 24.7 Å². The molecule has 0 aliphatic carbocycles. The van der Waals surface area contributed by atoms with Crippen molar-refractivity contribution in [3.05, 3.63) is 23.8 Å². The molecule has 5 nitrogen and oxygen atoms in total. The SMILES string of the molecule is CC(C)(C)N1CCC(NC(=O)c2cccc3c2OCO3)CC1. The van der Waals surface area contributed by atoms with Crippen LogP contribution in [0.25, 0.3) is 0 Å². The van der Waals surface area contributed by atoms with E-state index in [1.54, 1.807) is 6.07 Å². The van der Waals surface area contributed by atoms with Gasteiger partial charge in [-0.15, -0.1) is 0 Å². The van der Waals surface area contributed by atoms with Crippen LogP contribution in [0.3, 0.4) is 0 Å². The molecule has 1 amide bonds. The number of nitrogens with one attached hydrogen (secondary N) is 1. The fraction of sp³-hybridized carbons (Fsp3) is 0.588. The summed E-state index contributed by atoms with van der Waals surface area (Å²) in [5.41, 5.74) is 0.758. The summed E-state index contributed by atoms with van der Waals surface area (Å²) in [4.78, 5) is 15.0. The Bertz CT molecular complexity index is 558. The van der Waals surface area contributed by atoms with Crippen molar-refractivity contribution in [1.82, 2.24) is 10.2 Å². The highest BCUT2D eigenvalue weighted by Gasteiger charge is 2.29. The lowest BCUT2D eigenvalue weighted by molar-refractivity contribution is 0.0810. The standard InChI is InChI=1S/C17H24N2O3/c1-17(2,3)19-9-7-12(8-10-19)18-16(20)13-5-4-6-14-15(13)22-11-21-14/h4-6,12H,7-11H2,1-3H3,(H,18,20). The molecule has 2 heterocycles. The third kappa shape index (κ3) is 3.04. The van der Waals surface area contributed by atoms with Crippen LogP contribution in [-0.4, -0.2) is 42.3 Å². The Morgan fingerprint density at radius 2 is 1.95 bits per heavy atom. The number of ether oxygens (including phenoxy) is 2. The Labute approximate surface area is 131 Å². The van der Waals surface area contributed by atoms with Gasteiger partial charge in [0.05, 0.1) is 5.56 Å². The topological polar surface area (TPSA) is 50.8 Å². The van der Waals surface area contributed by atoms with E-state index >= 15 is 0 Å². The molecule has 0 unspecified atom stereocenters. The van der Waals surface area contributed by atoms with Crippen molar-refractivity contribution in [2.75, 3.05) is 19.9 Å². The minimum atomic E-state index is -0.0726. The third-order valence-electron chi connectivity index (χ3n) is 4.42. The van der Waals surface area contributed by atoms with Gasteiger partial charge in [-0.3, -0.25) is 9.69 Å². The van der Waals surface area contributed by atoms with Gasteiger partial charge in [0.25, 0.3) is 5.91 Å². The molecule has 3 rings (SSSR count). The highest BCUT2D eigenvalue weighted by Crippen LogP contribution is 2.35. The van der Waals surface area contributed by atoms with Crippen LogP contribution in [0.1, 0.15) is 44.0 Å². The number of rotatable bonds is 2. The first-order valence-corrected chi connectivity index (χ1v) is 7.89. The van der Waals surface area contributed by atoms with E-state index in [1.807, 2.05) is 12.1 Å². The van der Waals surface area contributed by atoms with E-state index < -0.39 is 0 Å². The summed E-state index contributed by atoms with van der Waals surface area (Å²) in [5, 5.41) is 3.14. The molecule has 0 spiro atoms. The summed E-state index contributed by atoms with van der Waals surface area (Å²) in [6, 6.07) is 5.66. The molecule has 1 fully saturated rings. The van der Waals surface area contributed by atoms with Gasteiger partial charge in [0.2, 0.25) is 6.79 Å². The molecule has 0 saturated carbocycles. The van der Waals surface area contributed by atoms with Crippen LogP contribution in [0.4, 0.5) is 0 Å². The summed E-state index contributed by atoms with van der Waals surface area (Å²) >= 11 is 0. The molecule has 22 heavy (non-hydrogen) atoms. The minimum absolute atomic E-state index is 0.0726. The fourth-order valence-electron chi connectivity index (χ4n) is 3.07. The van der Waals surface area contributed by atoms with Gasteiger partial charge < -0.3 is 14.8 Å². The van der Waals surface area contributed by atoms with Crippen molar-refractivity contribution in [1.29, 1.82) is 0 Å². The van der Waals surface area contributed by atoms with Crippen molar-refractivity contribution in [2.45, 2.75) is 45.2 Å². The van der Waals surface area contributed by atoms with Crippen LogP contribution in [0, 0.1) is 0 Å². The Morgan fingerprint density at radius 1 is 1.23 bits per heavy atom. The lowest BCUT2D eigenvalue weighted by atomic mass is 9.98. The van der Waals surface area contributed by atoms with Crippen molar-refractivity contribution in [3.8, 4) is 11.5 Å². The van der Waals surface area contributed by atoms with E-state index in [-0.39, 0.29) is 24.3 Å². The molecule has 0 radical (unpaired) electrons. The van der Waals surface area contributed by atoms with Crippen LogP contribution in [0.2, 0.25) is 0 Å². The largest absolute Gasteiger partial charge is 0.454 e. The first-order chi connectivity index (χ1) is 10.4. The zero-order valence-electron chi connectivity index (χ0n) is 13.5. The number of nitrogens with zero attached hydrogens (tertiary/aromatic N) is 1. The molecular formula is C17H24N2O3. The number of hydrogen-bond acceptors (Lipinski definition) is 4. The lowest BCUT2D eigenvalue weighted by Crippen LogP contribution is -2.50. The van der Waals surface area contributed by atoms with Crippen molar-refractivity contribution in [3.63, 3.8) is 0 Å². The van der Waals surface area contributed by atoms with Gasteiger partial charge in [-0.2, -0.15) is 0 Å². The smallest absolute Gasteiger partial charge is 0.255 e. The minimum Gasteiger partial charge on any atom is -0.454 e. The molecular weight excluding hydrogens is 280 g/mol. The normalized spacial score (nSPS) is 19.2. The summed E-state index contributed by atoms with van der Waals surface area (Å²) in [7, 11) is 0. The van der Waals surface area contributed by atoms with E-state index in [4.69, 9.17) is 9.47 Å². The van der Waals surface area contributed by atoms with Gasteiger partial charge in [0.1, 0.15) is 0 Å². The highest BCUT2D eigenvalue weighted by atomic mass is 16.7. The predicted octanol–water partition coefficient (Wildman–Crippen LogP) is 2.41. The number of para-hydroxylation sites is 1. The number of carbonyl (C=O) groups is 1. The number of likely N-dealkylation sites (tertiary alicyclic amines) is 1. The maximum Gasteiger partial charge on any atom is 0.255 e.